The fourth-order valence-electron chi connectivity index (χ4n) is 1.52. The lowest BCUT2D eigenvalue weighted by Crippen LogP contribution is -2.01. The van der Waals surface area contributed by atoms with Gasteiger partial charge in [-0.1, -0.05) is 18.2 Å². The molecule has 3 nitrogen and oxygen atoms in total. The molecule has 0 spiro atoms. The van der Waals surface area contributed by atoms with Crippen molar-refractivity contribution in [2.75, 3.05) is 7.11 Å². The molecule has 0 aliphatic rings. The van der Waals surface area contributed by atoms with E-state index in [0.29, 0.717) is 18.8 Å². The zero-order chi connectivity index (χ0) is 12.8. The predicted molar refractivity (Wildman–Crippen MR) is 70.6 cm³/mol. The van der Waals surface area contributed by atoms with Crippen LogP contribution in [0.1, 0.15) is 20.8 Å². The molecule has 0 fully saturated rings. The predicted octanol–water partition coefficient (Wildman–Crippen LogP) is 3.25. The van der Waals surface area contributed by atoms with Crippen molar-refractivity contribution in [1.29, 1.82) is 0 Å². The van der Waals surface area contributed by atoms with E-state index in [-0.39, 0.29) is 5.97 Å². The van der Waals surface area contributed by atoms with E-state index < -0.39 is 0 Å². The summed E-state index contributed by atoms with van der Waals surface area (Å²) in [6.45, 7) is 1.16. The van der Waals surface area contributed by atoms with Gasteiger partial charge in [0.15, 0.2) is 0 Å². The second-order valence-corrected chi connectivity index (χ2v) is 4.79. The minimum Gasteiger partial charge on any atom is -0.465 e. The third-order valence-corrected chi connectivity index (χ3v) is 3.32. The maximum Gasteiger partial charge on any atom is 0.337 e. The van der Waals surface area contributed by atoms with Crippen molar-refractivity contribution in [1.82, 2.24) is 0 Å². The van der Waals surface area contributed by atoms with Crippen molar-refractivity contribution < 1.29 is 14.3 Å². The zero-order valence-electron chi connectivity index (χ0n) is 10.1. The van der Waals surface area contributed by atoms with Gasteiger partial charge in [-0.15, -0.1) is 11.3 Å². The van der Waals surface area contributed by atoms with Gasteiger partial charge in [0.2, 0.25) is 0 Å². The van der Waals surface area contributed by atoms with Crippen molar-refractivity contribution in [3.05, 3.63) is 57.8 Å². The van der Waals surface area contributed by atoms with Gasteiger partial charge in [0, 0.05) is 4.88 Å². The van der Waals surface area contributed by atoms with Gasteiger partial charge in [-0.2, -0.15) is 0 Å². The number of hydrogen-bond acceptors (Lipinski definition) is 4. The molecule has 0 unspecified atom stereocenters. The first-order valence-electron chi connectivity index (χ1n) is 5.57. The summed E-state index contributed by atoms with van der Waals surface area (Å²) in [5.74, 6) is -0.318. The van der Waals surface area contributed by atoms with Gasteiger partial charge in [-0.3, -0.25) is 0 Å². The van der Waals surface area contributed by atoms with Crippen LogP contribution < -0.4 is 0 Å². The second kappa shape index (κ2) is 6.33. The number of benzene rings is 1. The Bertz CT molecular complexity index is 488. The van der Waals surface area contributed by atoms with Gasteiger partial charge in [-0.05, 0) is 29.1 Å². The highest BCUT2D eigenvalue weighted by molar-refractivity contribution is 7.09. The quantitative estimate of drug-likeness (QED) is 0.776. The molecule has 0 saturated carbocycles. The lowest BCUT2D eigenvalue weighted by Gasteiger charge is -2.04. The maximum atomic E-state index is 11.2. The minimum atomic E-state index is -0.318. The highest BCUT2D eigenvalue weighted by atomic mass is 32.1. The number of thiophene rings is 1. The SMILES string of the molecule is COC(=O)c1ccc(COCc2cccs2)cc1. The Morgan fingerprint density at radius 1 is 1.17 bits per heavy atom. The van der Waals surface area contributed by atoms with Crippen molar-refractivity contribution in [2.24, 2.45) is 0 Å². The third kappa shape index (κ3) is 3.42. The first-order valence-corrected chi connectivity index (χ1v) is 6.45. The Balaban J connectivity index is 1.85. The first kappa shape index (κ1) is 12.8. The number of ether oxygens (including phenoxy) is 2. The summed E-state index contributed by atoms with van der Waals surface area (Å²) in [5, 5.41) is 2.03. The monoisotopic (exact) mass is 262 g/mol. The molecule has 0 N–H and O–H groups in total. The topological polar surface area (TPSA) is 35.5 Å². The lowest BCUT2D eigenvalue weighted by molar-refractivity contribution is 0.0600. The molecule has 1 aromatic carbocycles. The van der Waals surface area contributed by atoms with Crippen LogP contribution in [0.3, 0.4) is 0 Å². The fourth-order valence-corrected chi connectivity index (χ4v) is 2.16. The fraction of sp³-hybridized carbons (Fsp3) is 0.214. The molecular formula is C14H14O3S. The first-order chi connectivity index (χ1) is 8.79. The molecule has 0 saturated heterocycles. The van der Waals surface area contributed by atoms with Crippen molar-refractivity contribution in [3.63, 3.8) is 0 Å². The van der Waals surface area contributed by atoms with Crippen LogP contribution >= 0.6 is 11.3 Å². The van der Waals surface area contributed by atoms with Crippen LogP contribution in [0.25, 0.3) is 0 Å². The smallest absolute Gasteiger partial charge is 0.337 e. The molecule has 0 aliphatic carbocycles. The average Bonchev–Trinajstić information content (AvgIpc) is 2.92. The summed E-state index contributed by atoms with van der Waals surface area (Å²) in [6.07, 6.45) is 0. The van der Waals surface area contributed by atoms with Gasteiger partial charge in [0.05, 0.1) is 25.9 Å². The summed E-state index contributed by atoms with van der Waals surface area (Å²) in [7, 11) is 1.38. The molecule has 18 heavy (non-hydrogen) atoms. The standard InChI is InChI=1S/C14H14O3S/c1-16-14(15)12-6-4-11(5-7-12)9-17-10-13-3-2-8-18-13/h2-8H,9-10H2,1H3. The van der Waals surface area contributed by atoms with Crippen LogP contribution in [-0.4, -0.2) is 13.1 Å². The van der Waals surface area contributed by atoms with Crippen LogP contribution in [0.15, 0.2) is 41.8 Å². The lowest BCUT2D eigenvalue weighted by atomic mass is 10.1. The Morgan fingerprint density at radius 3 is 2.56 bits per heavy atom. The molecule has 4 heteroatoms. The van der Waals surface area contributed by atoms with Crippen LogP contribution in [0.4, 0.5) is 0 Å². The largest absolute Gasteiger partial charge is 0.465 e. The molecule has 1 aromatic heterocycles. The Morgan fingerprint density at radius 2 is 1.94 bits per heavy atom. The number of methoxy groups -OCH3 is 1. The number of hydrogen-bond donors (Lipinski definition) is 0. The van der Waals surface area contributed by atoms with Crippen LogP contribution in [0, 0.1) is 0 Å². The summed E-state index contributed by atoms with van der Waals surface area (Å²) in [4.78, 5) is 12.5. The van der Waals surface area contributed by atoms with E-state index in [1.165, 1.54) is 12.0 Å². The summed E-state index contributed by atoms with van der Waals surface area (Å²) < 4.78 is 10.2. The number of esters is 1. The molecule has 0 radical (unpaired) electrons. The van der Waals surface area contributed by atoms with Crippen LogP contribution in [0.5, 0.6) is 0 Å². The third-order valence-electron chi connectivity index (χ3n) is 2.47. The van der Waals surface area contributed by atoms with Crippen molar-refractivity contribution in [2.45, 2.75) is 13.2 Å². The number of rotatable bonds is 5. The van der Waals surface area contributed by atoms with Gasteiger partial charge < -0.3 is 9.47 Å². The van der Waals surface area contributed by atoms with E-state index in [0.717, 1.165) is 5.56 Å². The molecule has 0 bridgehead atoms. The van der Waals surface area contributed by atoms with E-state index >= 15 is 0 Å². The highest BCUT2D eigenvalue weighted by Gasteiger charge is 2.04. The van der Waals surface area contributed by atoms with Crippen molar-refractivity contribution in [3.8, 4) is 0 Å². The number of carbonyl (C=O) groups excluding carboxylic acids is 1. The van der Waals surface area contributed by atoms with E-state index in [4.69, 9.17) is 4.74 Å². The molecule has 94 valence electrons. The van der Waals surface area contributed by atoms with Crippen molar-refractivity contribution >= 4 is 17.3 Å². The molecule has 0 aliphatic heterocycles. The zero-order valence-corrected chi connectivity index (χ0v) is 10.9. The Hall–Kier alpha value is -1.65. The molecule has 2 aromatic rings. The Kier molecular flexibility index (Phi) is 4.50. The highest BCUT2D eigenvalue weighted by Crippen LogP contribution is 2.12. The average molecular weight is 262 g/mol. The second-order valence-electron chi connectivity index (χ2n) is 3.76. The van der Waals surface area contributed by atoms with Gasteiger partial charge in [-0.25, -0.2) is 4.79 Å². The molecule has 0 amide bonds. The summed E-state index contributed by atoms with van der Waals surface area (Å²) in [5.41, 5.74) is 1.60. The van der Waals surface area contributed by atoms with Gasteiger partial charge in [0.1, 0.15) is 0 Å². The van der Waals surface area contributed by atoms with E-state index in [1.54, 1.807) is 23.5 Å². The van der Waals surface area contributed by atoms with E-state index in [2.05, 4.69) is 4.74 Å². The van der Waals surface area contributed by atoms with Gasteiger partial charge >= 0.3 is 5.97 Å². The normalized spacial score (nSPS) is 10.3. The summed E-state index contributed by atoms with van der Waals surface area (Å²) >= 11 is 1.68. The molecule has 2 rings (SSSR count). The molecular weight excluding hydrogens is 248 g/mol. The Labute approximate surface area is 110 Å². The minimum absolute atomic E-state index is 0.318. The molecule has 0 atom stereocenters. The number of carbonyl (C=O) groups is 1. The van der Waals surface area contributed by atoms with Crippen LogP contribution in [0.2, 0.25) is 0 Å². The summed E-state index contributed by atoms with van der Waals surface area (Å²) in [6, 6.07) is 11.3. The van der Waals surface area contributed by atoms with Gasteiger partial charge in [0.25, 0.3) is 0 Å². The van der Waals surface area contributed by atoms with E-state index in [9.17, 15) is 4.79 Å². The van der Waals surface area contributed by atoms with E-state index in [1.807, 2.05) is 29.6 Å². The molecule has 1 heterocycles. The maximum absolute atomic E-state index is 11.2. The van der Waals surface area contributed by atoms with Crippen LogP contribution in [-0.2, 0) is 22.7 Å².